The van der Waals surface area contributed by atoms with Crippen molar-refractivity contribution in [1.29, 1.82) is 0 Å². The smallest absolute Gasteiger partial charge is 0.240 e. The van der Waals surface area contributed by atoms with Crippen molar-refractivity contribution in [2.45, 2.75) is 71.0 Å². The lowest BCUT2D eigenvalue weighted by molar-refractivity contribution is -0.140. The molecule has 120 valence electrons. The van der Waals surface area contributed by atoms with Crippen molar-refractivity contribution < 1.29 is 9.59 Å². The largest absolute Gasteiger partial charge is 0.338 e. The molecule has 1 aliphatic carbocycles. The van der Waals surface area contributed by atoms with Gasteiger partial charge in [0.2, 0.25) is 11.8 Å². The van der Waals surface area contributed by atoms with E-state index in [1.165, 1.54) is 0 Å². The van der Waals surface area contributed by atoms with E-state index >= 15 is 0 Å². The van der Waals surface area contributed by atoms with Crippen LogP contribution in [0.3, 0.4) is 0 Å². The summed E-state index contributed by atoms with van der Waals surface area (Å²) in [5.74, 6) is 0.324. The maximum absolute atomic E-state index is 12.6. The van der Waals surface area contributed by atoms with E-state index in [0.29, 0.717) is 12.6 Å². The summed E-state index contributed by atoms with van der Waals surface area (Å²) in [4.78, 5) is 28.3. The monoisotopic (exact) mass is 295 g/mol. The van der Waals surface area contributed by atoms with Crippen LogP contribution in [0, 0.1) is 5.92 Å². The average Bonchev–Trinajstić information content (AvgIpc) is 3.27. The Labute approximate surface area is 127 Å². The van der Waals surface area contributed by atoms with E-state index in [4.69, 9.17) is 5.73 Å². The Balaban J connectivity index is 2.04. The molecule has 1 unspecified atom stereocenters. The fourth-order valence-corrected chi connectivity index (χ4v) is 3.11. The minimum Gasteiger partial charge on any atom is -0.338 e. The number of likely N-dealkylation sites (tertiary alicyclic amines) is 1. The maximum atomic E-state index is 12.6. The minimum absolute atomic E-state index is 0.0500. The summed E-state index contributed by atoms with van der Waals surface area (Å²) in [6, 6.07) is 0.109. The van der Waals surface area contributed by atoms with Crippen molar-refractivity contribution >= 4 is 11.8 Å². The van der Waals surface area contributed by atoms with Crippen LogP contribution in [-0.4, -0.2) is 52.8 Å². The van der Waals surface area contributed by atoms with Gasteiger partial charge in [0.25, 0.3) is 0 Å². The lowest BCUT2D eigenvalue weighted by Crippen LogP contribution is -2.56. The third-order valence-corrected chi connectivity index (χ3v) is 4.71. The summed E-state index contributed by atoms with van der Waals surface area (Å²) >= 11 is 0. The molecule has 0 aromatic heterocycles. The first-order chi connectivity index (χ1) is 9.91. The zero-order valence-electron chi connectivity index (χ0n) is 13.5. The van der Waals surface area contributed by atoms with Crippen LogP contribution in [0.25, 0.3) is 0 Å². The molecular formula is C16H29N3O2. The summed E-state index contributed by atoms with van der Waals surface area (Å²) in [5.41, 5.74) is 6.04. The van der Waals surface area contributed by atoms with E-state index in [2.05, 4.69) is 0 Å². The van der Waals surface area contributed by atoms with Crippen LogP contribution in [0.4, 0.5) is 0 Å². The fourth-order valence-electron chi connectivity index (χ4n) is 3.11. The van der Waals surface area contributed by atoms with Gasteiger partial charge in [-0.05, 0) is 38.0 Å². The van der Waals surface area contributed by atoms with E-state index < -0.39 is 6.04 Å². The van der Waals surface area contributed by atoms with Crippen molar-refractivity contribution in [3.63, 3.8) is 0 Å². The number of hydrogen-bond donors (Lipinski definition) is 1. The molecule has 21 heavy (non-hydrogen) atoms. The average molecular weight is 295 g/mol. The molecule has 0 bridgehead atoms. The third kappa shape index (κ3) is 3.96. The van der Waals surface area contributed by atoms with E-state index in [1.807, 2.05) is 23.6 Å². The zero-order valence-corrected chi connectivity index (χ0v) is 13.5. The standard InChI is InChI=1S/C16H29N3O2/c1-11(2)15(17)16(21)18-9-5-4-6-14(18)10-19(12(3)20)13-7-8-13/h11,13-15H,4-10,17H2,1-3H3/t14?,15-/m0/s1. The minimum atomic E-state index is -0.433. The molecule has 2 fully saturated rings. The fraction of sp³-hybridized carbons (Fsp3) is 0.875. The van der Waals surface area contributed by atoms with Crippen molar-refractivity contribution in [3.8, 4) is 0 Å². The highest BCUT2D eigenvalue weighted by Gasteiger charge is 2.36. The second-order valence-corrected chi connectivity index (χ2v) is 6.85. The second-order valence-electron chi connectivity index (χ2n) is 6.85. The highest BCUT2D eigenvalue weighted by molar-refractivity contribution is 5.82. The highest BCUT2D eigenvalue weighted by atomic mass is 16.2. The summed E-state index contributed by atoms with van der Waals surface area (Å²) in [6.45, 7) is 7.05. The Bertz CT molecular complexity index is 393. The van der Waals surface area contributed by atoms with Crippen LogP contribution >= 0.6 is 0 Å². The first-order valence-corrected chi connectivity index (χ1v) is 8.25. The molecular weight excluding hydrogens is 266 g/mol. The van der Waals surface area contributed by atoms with Crippen LogP contribution in [0.5, 0.6) is 0 Å². The van der Waals surface area contributed by atoms with Crippen LogP contribution < -0.4 is 5.73 Å². The number of rotatable bonds is 5. The van der Waals surface area contributed by atoms with E-state index in [-0.39, 0.29) is 23.8 Å². The normalized spacial score (nSPS) is 24.0. The molecule has 1 heterocycles. The van der Waals surface area contributed by atoms with Gasteiger partial charge in [-0.15, -0.1) is 0 Å². The Hall–Kier alpha value is -1.10. The van der Waals surface area contributed by atoms with Gasteiger partial charge in [-0.1, -0.05) is 13.8 Å². The van der Waals surface area contributed by atoms with Crippen molar-refractivity contribution in [3.05, 3.63) is 0 Å². The quantitative estimate of drug-likeness (QED) is 0.833. The lowest BCUT2D eigenvalue weighted by atomic mass is 9.97. The maximum Gasteiger partial charge on any atom is 0.240 e. The molecule has 2 N–H and O–H groups in total. The summed E-state index contributed by atoms with van der Waals surface area (Å²) in [7, 11) is 0. The third-order valence-electron chi connectivity index (χ3n) is 4.71. The molecule has 2 rings (SSSR count). The first-order valence-electron chi connectivity index (χ1n) is 8.25. The SMILES string of the molecule is CC(=O)N(CC1CCCCN1C(=O)[C@@H](N)C(C)C)C1CC1. The number of hydrogen-bond acceptors (Lipinski definition) is 3. The molecule has 2 aliphatic rings. The van der Waals surface area contributed by atoms with E-state index in [0.717, 1.165) is 38.6 Å². The van der Waals surface area contributed by atoms with Crippen molar-refractivity contribution in [2.75, 3.05) is 13.1 Å². The molecule has 1 saturated carbocycles. The van der Waals surface area contributed by atoms with Gasteiger partial charge in [0.05, 0.1) is 6.04 Å². The number of amides is 2. The summed E-state index contributed by atoms with van der Waals surface area (Å²) in [5, 5.41) is 0. The molecule has 0 spiro atoms. The molecule has 2 amide bonds. The molecule has 0 aromatic carbocycles. The Morgan fingerprint density at radius 2 is 1.90 bits per heavy atom. The number of carbonyl (C=O) groups excluding carboxylic acids is 2. The molecule has 5 nitrogen and oxygen atoms in total. The second kappa shape index (κ2) is 6.77. The Morgan fingerprint density at radius 3 is 2.43 bits per heavy atom. The van der Waals surface area contributed by atoms with Gasteiger partial charge < -0.3 is 15.5 Å². The number of nitrogens with zero attached hydrogens (tertiary/aromatic N) is 2. The Kier molecular flexibility index (Phi) is 5.25. The molecule has 1 saturated heterocycles. The predicted molar refractivity (Wildman–Crippen MR) is 82.6 cm³/mol. The van der Waals surface area contributed by atoms with Crippen molar-refractivity contribution in [2.24, 2.45) is 11.7 Å². The highest BCUT2D eigenvalue weighted by Crippen LogP contribution is 2.29. The van der Waals surface area contributed by atoms with Crippen LogP contribution in [-0.2, 0) is 9.59 Å². The topological polar surface area (TPSA) is 66.6 Å². The number of nitrogens with two attached hydrogens (primary N) is 1. The molecule has 2 atom stereocenters. The molecule has 5 heteroatoms. The number of piperidine rings is 1. The molecule has 0 radical (unpaired) electrons. The molecule has 1 aliphatic heterocycles. The van der Waals surface area contributed by atoms with E-state index in [1.54, 1.807) is 6.92 Å². The van der Waals surface area contributed by atoms with Gasteiger partial charge in [0.15, 0.2) is 0 Å². The zero-order chi connectivity index (χ0) is 15.6. The first kappa shape index (κ1) is 16.3. The number of carbonyl (C=O) groups is 2. The van der Waals surface area contributed by atoms with Crippen LogP contribution in [0.2, 0.25) is 0 Å². The van der Waals surface area contributed by atoms with Gasteiger partial charge >= 0.3 is 0 Å². The molecule has 0 aromatic rings. The Morgan fingerprint density at radius 1 is 1.24 bits per heavy atom. The van der Waals surface area contributed by atoms with Crippen LogP contribution in [0.1, 0.15) is 52.9 Å². The van der Waals surface area contributed by atoms with Gasteiger partial charge in [-0.2, -0.15) is 0 Å². The van der Waals surface area contributed by atoms with Crippen molar-refractivity contribution in [1.82, 2.24) is 9.80 Å². The van der Waals surface area contributed by atoms with Gasteiger partial charge in [-0.25, -0.2) is 0 Å². The van der Waals surface area contributed by atoms with Gasteiger partial charge in [-0.3, -0.25) is 9.59 Å². The van der Waals surface area contributed by atoms with Gasteiger partial charge in [0.1, 0.15) is 0 Å². The van der Waals surface area contributed by atoms with E-state index in [9.17, 15) is 9.59 Å². The lowest BCUT2D eigenvalue weighted by Gasteiger charge is -2.40. The van der Waals surface area contributed by atoms with Gasteiger partial charge in [0, 0.05) is 32.1 Å². The van der Waals surface area contributed by atoms with Crippen LogP contribution in [0.15, 0.2) is 0 Å². The summed E-state index contributed by atoms with van der Waals surface area (Å²) < 4.78 is 0. The predicted octanol–water partition coefficient (Wildman–Crippen LogP) is 1.36. The summed E-state index contributed by atoms with van der Waals surface area (Å²) in [6.07, 6.45) is 5.35.